The number of hydrogen-bond acceptors (Lipinski definition) is 3. The van der Waals surface area contributed by atoms with Crippen LogP contribution in [0.25, 0.3) is 0 Å². The smallest absolute Gasteiger partial charge is 0.210 e. The van der Waals surface area contributed by atoms with Crippen LogP contribution in [-0.4, -0.2) is 17.0 Å². The molecule has 1 fully saturated rings. The maximum atomic E-state index is 5.44. The largest absolute Gasteiger partial charge is 0.324 e. The minimum atomic E-state index is 0.398. The van der Waals surface area contributed by atoms with Crippen molar-refractivity contribution in [2.75, 3.05) is 5.32 Å². The molecule has 1 aliphatic carbocycles. The highest BCUT2D eigenvalue weighted by Gasteiger charge is 2.14. The van der Waals surface area contributed by atoms with Crippen molar-refractivity contribution in [3.8, 4) is 0 Å². The number of hydrazine groups is 1. The molecule has 0 aromatic carbocycles. The lowest BCUT2D eigenvalue weighted by atomic mass is 10.3. The SMILES string of the molecule is NNC(=NC1CCCC1)Nc1cccnc1. The third kappa shape index (κ3) is 2.93. The zero-order chi connectivity index (χ0) is 11.2. The summed E-state index contributed by atoms with van der Waals surface area (Å²) in [6.45, 7) is 0. The maximum Gasteiger partial charge on any atom is 0.210 e. The van der Waals surface area contributed by atoms with E-state index in [0.29, 0.717) is 12.0 Å². The van der Waals surface area contributed by atoms with Crippen molar-refractivity contribution in [3.05, 3.63) is 24.5 Å². The molecule has 1 saturated carbocycles. The van der Waals surface area contributed by atoms with Gasteiger partial charge in [0, 0.05) is 6.20 Å². The molecule has 5 nitrogen and oxygen atoms in total. The van der Waals surface area contributed by atoms with Crippen LogP contribution in [0.5, 0.6) is 0 Å². The van der Waals surface area contributed by atoms with Crippen LogP contribution in [-0.2, 0) is 0 Å². The Bertz CT molecular complexity index is 343. The zero-order valence-electron chi connectivity index (χ0n) is 9.19. The van der Waals surface area contributed by atoms with E-state index in [4.69, 9.17) is 5.84 Å². The standard InChI is InChI=1S/C11H17N5/c12-16-11(14-9-4-1-2-5-9)15-10-6-3-7-13-8-10/h3,6-9H,1-2,4-5,12H2,(H2,14,15,16). The van der Waals surface area contributed by atoms with E-state index in [9.17, 15) is 0 Å². The fraction of sp³-hybridized carbons (Fsp3) is 0.455. The van der Waals surface area contributed by atoms with Gasteiger partial charge in [-0.05, 0) is 25.0 Å². The van der Waals surface area contributed by atoms with Gasteiger partial charge >= 0.3 is 0 Å². The molecule has 16 heavy (non-hydrogen) atoms. The summed E-state index contributed by atoms with van der Waals surface area (Å²) < 4.78 is 0. The first kappa shape index (κ1) is 10.9. The van der Waals surface area contributed by atoms with Crippen molar-refractivity contribution in [1.82, 2.24) is 10.4 Å². The molecule has 86 valence electrons. The summed E-state index contributed by atoms with van der Waals surface area (Å²) in [5.74, 6) is 6.05. The molecule has 0 radical (unpaired) electrons. The number of anilines is 1. The van der Waals surface area contributed by atoms with Crippen LogP contribution in [0.15, 0.2) is 29.5 Å². The minimum absolute atomic E-state index is 0.398. The van der Waals surface area contributed by atoms with E-state index >= 15 is 0 Å². The van der Waals surface area contributed by atoms with E-state index in [1.807, 2.05) is 12.1 Å². The highest BCUT2D eigenvalue weighted by molar-refractivity contribution is 5.93. The molecule has 1 aromatic rings. The summed E-state index contributed by atoms with van der Waals surface area (Å²) in [7, 11) is 0. The number of nitrogens with zero attached hydrogens (tertiary/aromatic N) is 2. The molecule has 5 heteroatoms. The molecule has 0 spiro atoms. The lowest BCUT2D eigenvalue weighted by Gasteiger charge is -2.11. The lowest BCUT2D eigenvalue weighted by molar-refractivity contribution is 0.700. The van der Waals surface area contributed by atoms with E-state index in [-0.39, 0.29) is 0 Å². The van der Waals surface area contributed by atoms with Crippen LogP contribution in [0.1, 0.15) is 25.7 Å². The molecule has 0 aliphatic heterocycles. The van der Waals surface area contributed by atoms with Crippen LogP contribution in [0.2, 0.25) is 0 Å². The number of rotatable bonds is 2. The Morgan fingerprint density at radius 3 is 2.88 bits per heavy atom. The van der Waals surface area contributed by atoms with Gasteiger partial charge in [-0.15, -0.1) is 0 Å². The molecule has 0 unspecified atom stereocenters. The van der Waals surface area contributed by atoms with Gasteiger partial charge in [0.15, 0.2) is 0 Å². The first-order valence-corrected chi connectivity index (χ1v) is 5.60. The molecule has 1 aliphatic rings. The first-order chi connectivity index (χ1) is 7.88. The Balaban J connectivity index is 1.99. The summed E-state index contributed by atoms with van der Waals surface area (Å²) in [4.78, 5) is 8.55. The number of guanidine groups is 1. The average Bonchev–Trinajstić information content (AvgIpc) is 2.82. The number of nitrogens with one attached hydrogen (secondary N) is 2. The Labute approximate surface area is 95.1 Å². The van der Waals surface area contributed by atoms with Crippen molar-refractivity contribution in [2.45, 2.75) is 31.7 Å². The van der Waals surface area contributed by atoms with Gasteiger partial charge in [-0.25, -0.2) is 10.8 Å². The van der Waals surface area contributed by atoms with Crippen molar-refractivity contribution in [3.63, 3.8) is 0 Å². The molecular formula is C11H17N5. The summed E-state index contributed by atoms with van der Waals surface area (Å²) in [5.41, 5.74) is 3.47. The summed E-state index contributed by atoms with van der Waals surface area (Å²) in [6, 6.07) is 4.19. The third-order valence-corrected chi connectivity index (χ3v) is 2.70. The molecular weight excluding hydrogens is 202 g/mol. The van der Waals surface area contributed by atoms with Crippen LogP contribution < -0.4 is 16.6 Å². The van der Waals surface area contributed by atoms with E-state index in [2.05, 4.69) is 20.7 Å². The van der Waals surface area contributed by atoms with Gasteiger partial charge in [-0.1, -0.05) is 12.8 Å². The fourth-order valence-corrected chi connectivity index (χ4v) is 1.89. The monoisotopic (exact) mass is 219 g/mol. The normalized spacial score (nSPS) is 17.4. The van der Waals surface area contributed by atoms with Crippen LogP contribution in [0, 0.1) is 0 Å². The van der Waals surface area contributed by atoms with Gasteiger partial charge in [-0.2, -0.15) is 0 Å². The molecule has 2 rings (SSSR count). The molecule has 0 saturated heterocycles. The number of aromatic nitrogens is 1. The quantitative estimate of drug-likeness (QED) is 0.303. The predicted molar refractivity (Wildman–Crippen MR) is 64.9 cm³/mol. The first-order valence-electron chi connectivity index (χ1n) is 5.60. The van der Waals surface area contributed by atoms with Gasteiger partial charge in [0.25, 0.3) is 0 Å². The Morgan fingerprint density at radius 2 is 2.25 bits per heavy atom. The third-order valence-electron chi connectivity index (χ3n) is 2.70. The van der Waals surface area contributed by atoms with E-state index in [1.54, 1.807) is 12.4 Å². The molecule has 1 heterocycles. The molecule has 4 N–H and O–H groups in total. The van der Waals surface area contributed by atoms with Gasteiger partial charge in [0.2, 0.25) is 5.96 Å². The highest BCUT2D eigenvalue weighted by Crippen LogP contribution is 2.20. The van der Waals surface area contributed by atoms with E-state index in [0.717, 1.165) is 18.5 Å². The molecule has 0 bridgehead atoms. The number of aliphatic imine (C=N–C) groups is 1. The summed E-state index contributed by atoms with van der Waals surface area (Å²) >= 11 is 0. The number of pyridine rings is 1. The molecule has 0 amide bonds. The minimum Gasteiger partial charge on any atom is -0.324 e. The Kier molecular flexibility index (Phi) is 3.71. The fourth-order valence-electron chi connectivity index (χ4n) is 1.89. The van der Waals surface area contributed by atoms with Gasteiger partial charge in [0.05, 0.1) is 17.9 Å². The van der Waals surface area contributed by atoms with Gasteiger partial charge in [-0.3, -0.25) is 10.4 Å². The lowest BCUT2D eigenvalue weighted by Crippen LogP contribution is -2.37. The van der Waals surface area contributed by atoms with Gasteiger partial charge in [0.1, 0.15) is 0 Å². The molecule has 0 atom stereocenters. The van der Waals surface area contributed by atoms with Crippen molar-refractivity contribution >= 4 is 11.6 Å². The maximum absolute atomic E-state index is 5.44. The number of nitrogens with two attached hydrogens (primary N) is 1. The van der Waals surface area contributed by atoms with Crippen LogP contribution in [0.3, 0.4) is 0 Å². The van der Waals surface area contributed by atoms with E-state index < -0.39 is 0 Å². The summed E-state index contributed by atoms with van der Waals surface area (Å²) in [6.07, 6.45) is 8.30. The Morgan fingerprint density at radius 1 is 1.44 bits per heavy atom. The Hall–Kier alpha value is -1.62. The number of hydrogen-bond donors (Lipinski definition) is 3. The highest BCUT2D eigenvalue weighted by atomic mass is 15.3. The summed E-state index contributed by atoms with van der Waals surface area (Å²) in [5, 5.41) is 3.11. The zero-order valence-corrected chi connectivity index (χ0v) is 9.19. The van der Waals surface area contributed by atoms with Crippen LogP contribution >= 0.6 is 0 Å². The second kappa shape index (κ2) is 5.46. The van der Waals surface area contributed by atoms with Crippen molar-refractivity contribution in [2.24, 2.45) is 10.8 Å². The van der Waals surface area contributed by atoms with Gasteiger partial charge < -0.3 is 5.32 Å². The van der Waals surface area contributed by atoms with E-state index in [1.165, 1.54) is 12.8 Å². The second-order valence-electron chi connectivity index (χ2n) is 3.93. The molecule has 1 aromatic heterocycles. The average molecular weight is 219 g/mol. The van der Waals surface area contributed by atoms with Crippen LogP contribution in [0.4, 0.5) is 5.69 Å². The van der Waals surface area contributed by atoms with Crippen molar-refractivity contribution in [1.29, 1.82) is 0 Å². The van der Waals surface area contributed by atoms with Crippen molar-refractivity contribution < 1.29 is 0 Å². The topological polar surface area (TPSA) is 75.3 Å². The second-order valence-corrected chi connectivity index (χ2v) is 3.93. The predicted octanol–water partition coefficient (Wildman–Crippen LogP) is 1.26.